The highest BCUT2D eigenvalue weighted by atomic mass is 31.1. The molecule has 0 radical (unpaired) electrons. The van der Waals surface area contributed by atoms with Gasteiger partial charge in [0.15, 0.2) is 0 Å². The van der Waals surface area contributed by atoms with E-state index in [0.717, 1.165) is 6.42 Å². The Balaban J connectivity index is 0.000000274. The summed E-state index contributed by atoms with van der Waals surface area (Å²) in [4.78, 5) is 17.4. The van der Waals surface area contributed by atoms with Crippen LogP contribution in [0.25, 0.3) is 10.9 Å². The molecule has 0 unspecified atom stereocenters. The smallest absolute Gasteiger partial charge is 0.314 e. The Morgan fingerprint density at radius 1 is 1.24 bits per heavy atom. The van der Waals surface area contributed by atoms with E-state index in [9.17, 15) is 0 Å². The standard InChI is InChI=1S/C8H7N.C3H8O.H3O3P/c1-2-4-8-7(3-1)5-6-9-8;1-2-3-4;1-4(2)3/h1-6,9H;4H,2-3H2,1H3;4H,(H2,1,2,3). The van der Waals surface area contributed by atoms with E-state index in [4.69, 9.17) is 19.5 Å². The minimum absolute atomic E-state index is 0.319. The molecule has 4 N–H and O–H groups in total. The lowest BCUT2D eigenvalue weighted by Gasteiger charge is -1.83. The number of H-pyrrole nitrogens is 1. The van der Waals surface area contributed by atoms with Crippen LogP contribution >= 0.6 is 8.25 Å². The van der Waals surface area contributed by atoms with Gasteiger partial charge in [-0.15, -0.1) is 0 Å². The second kappa shape index (κ2) is 10.1. The number of benzene rings is 1. The molecule has 1 heterocycles. The largest absolute Gasteiger partial charge is 0.396 e. The number of aliphatic hydroxyl groups is 1. The molecular weight excluding hydrogens is 241 g/mol. The molecule has 0 fully saturated rings. The van der Waals surface area contributed by atoms with E-state index in [1.165, 1.54) is 10.9 Å². The van der Waals surface area contributed by atoms with Crippen molar-refractivity contribution in [3.8, 4) is 0 Å². The average molecular weight is 259 g/mol. The van der Waals surface area contributed by atoms with Crippen molar-refractivity contribution in [3.05, 3.63) is 36.5 Å². The number of para-hydroxylation sites is 1. The summed E-state index contributed by atoms with van der Waals surface area (Å²) in [5, 5.41) is 9.15. The van der Waals surface area contributed by atoms with Crippen molar-refractivity contribution in [2.24, 2.45) is 0 Å². The van der Waals surface area contributed by atoms with Crippen LogP contribution in [0.2, 0.25) is 0 Å². The summed E-state index contributed by atoms with van der Waals surface area (Å²) in [6.07, 6.45) is 2.82. The van der Waals surface area contributed by atoms with Crippen LogP contribution in [0, 0.1) is 0 Å². The topological polar surface area (TPSA) is 93.6 Å². The molecule has 0 amide bonds. The van der Waals surface area contributed by atoms with Crippen LogP contribution in [0.3, 0.4) is 0 Å². The zero-order chi connectivity index (χ0) is 13.1. The Hall–Kier alpha value is -1.13. The number of nitrogens with one attached hydrogen (secondary N) is 1. The van der Waals surface area contributed by atoms with Crippen molar-refractivity contribution in [1.29, 1.82) is 0 Å². The van der Waals surface area contributed by atoms with Gasteiger partial charge in [0, 0.05) is 18.3 Å². The highest BCUT2D eigenvalue weighted by molar-refractivity contribution is 7.30. The van der Waals surface area contributed by atoms with Crippen molar-refractivity contribution >= 4 is 19.2 Å². The van der Waals surface area contributed by atoms with Crippen LogP contribution in [0.15, 0.2) is 36.5 Å². The Labute approximate surface area is 101 Å². The molecule has 0 aliphatic carbocycles. The summed E-state index contributed by atoms with van der Waals surface area (Å²) in [5.41, 5.74) is 1.21. The van der Waals surface area contributed by atoms with Crippen molar-refractivity contribution in [3.63, 3.8) is 0 Å². The van der Waals surface area contributed by atoms with Crippen molar-refractivity contribution in [1.82, 2.24) is 4.98 Å². The maximum atomic E-state index is 8.74. The first-order valence-electron chi connectivity index (χ1n) is 5.16. The van der Waals surface area contributed by atoms with Crippen LogP contribution in [-0.4, -0.2) is 26.5 Å². The van der Waals surface area contributed by atoms with Crippen LogP contribution in [-0.2, 0) is 4.57 Å². The Kier molecular flexibility index (Phi) is 9.38. The molecule has 1 aromatic heterocycles. The van der Waals surface area contributed by atoms with E-state index >= 15 is 0 Å². The van der Waals surface area contributed by atoms with E-state index in [-0.39, 0.29) is 0 Å². The minimum atomic E-state index is -3.13. The summed E-state index contributed by atoms with van der Waals surface area (Å²) in [5.74, 6) is 0. The van der Waals surface area contributed by atoms with Gasteiger partial charge in [-0.1, -0.05) is 25.1 Å². The van der Waals surface area contributed by atoms with E-state index < -0.39 is 8.25 Å². The number of aliphatic hydroxyl groups excluding tert-OH is 1. The Morgan fingerprint density at radius 2 is 1.76 bits per heavy atom. The molecule has 0 saturated carbocycles. The number of aromatic nitrogens is 1. The fourth-order valence-electron chi connectivity index (χ4n) is 0.995. The molecule has 0 bridgehead atoms. The normalized spacial score (nSPS) is 9.24. The molecule has 0 aliphatic heterocycles. The highest BCUT2D eigenvalue weighted by Crippen LogP contribution is 2.09. The summed E-state index contributed by atoms with van der Waals surface area (Å²) in [7, 11) is -3.13. The second-order valence-electron chi connectivity index (χ2n) is 3.07. The Bertz CT molecular complexity index is 394. The van der Waals surface area contributed by atoms with Crippen molar-refractivity contribution < 1.29 is 19.5 Å². The van der Waals surface area contributed by atoms with Gasteiger partial charge >= 0.3 is 8.25 Å². The molecule has 0 aliphatic rings. The van der Waals surface area contributed by atoms with Gasteiger partial charge in [-0.25, -0.2) is 0 Å². The zero-order valence-corrected chi connectivity index (χ0v) is 10.6. The third kappa shape index (κ3) is 8.65. The number of rotatable bonds is 1. The predicted octanol–water partition coefficient (Wildman–Crippen LogP) is 1.92. The second-order valence-corrected chi connectivity index (χ2v) is 3.64. The lowest BCUT2D eigenvalue weighted by Crippen LogP contribution is -1.69. The van der Waals surface area contributed by atoms with Gasteiger partial charge in [0.2, 0.25) is 0 Å². The van der Waals surface area contributed by atoms with E-state index in [2.05, 4.69) is 23.2 Å². The molecule has 0 spiro atoms. The molecular formula is C11H18NO4P. The molecule has 1 aromatic carbocycles. The summed E-state index contributed by atoms with van der Waals surface area (Å²) >= 11 is 0. The van der Waals surface area contributed by atoms with Crippen molar-refractivity contribution in [2.45, 2.75) is 13.3 Å². The third-order valence-electron chi connectivity index (χ3n) is 1.69. The minimum Gasteiger partial charge on any atom is -0.396 e. The van der Waals surface area contributed by atoms with Gasteiger partial charge in [-0.05, 0) is 23.9 Å². The molecule has 0 atom stereocenters. The number of hydrogen-bond donors (Lipinski definition) is 4. The maximum absolute atomic E-state index is 8.74. The van der Waals surface area contributed by atoms with Crippen molar-refractivity contribution in [2.75, 3.05) is 6.61 Å². The molecule has 5 nitrogen and oxygen atoms in total. The number of fused-ring (bicyclic) bond motifs is 1. The van der Waals surface area contributed by atoms with Gasteiger partial charge in [0.25, 0.3) is 0 Å². The summed E-state index contributed by atoms with van der Waals surface area (Å²) < 4.78 is 8.74. The summed E-state index contributed by atoms with van der Waals surface area (Å²) in [6, 6.07) is 10.3. The van der Waals surface area contributed by atoms with Gasteiger partial charge in [0.05, 0.1) is 0 Å². The van der Waals surface area contributed by atoms with Crippen LogP contribution in [0.5, 0.6) is 0 Å². The van der Waals surface area contributed by atoms with E-state index in [1.54, 1.807) is 0 Å². The molecule has 17 heavy (non-hydrogen) atoms. The quantitative estimate of drug-likeness (QED) is 0.588. The molecule has 2 rings (SSSR count). The average Bonchev–Trinajstić information content (AvgIpc) is 2.76. The van der Waals surface area contributed by atoms with Gasteiger partial charge in [-0.3, -0.25) is 4.57 Å². The fraction of sp³-hybridized carbons (Fsp3) is 0.273. The monoisotopic (exact) mass is 259 g/mol. The predicted molar refractivity (Wildman–Crippen MR) is 69.1 cm³/mol. The number of aromatic amines is 1. The molecule has 2 aromatic rings. The third-order valence-corrected chi connectivity index (χ3v) is 1.69. The lowest BCUT2D eigenvalue weighted by atomic mass is 10.3. The van der Waals surface area contributed by atoms with Crippen LogP contribution in [0.1, 0.15) is 13.3 Å². The molecule has 6 heteroatoms. The summed E-state index contributed by atoms with van der Waals surface area (Å²) in [6.45, 7) is 2.25. The SMILES string of the molecule is CCCO.O=[PH](O)O.c1ccc2[nH]ccc2c1. The molecule has 96 valence electrons. The first-order valence-corrected chi connectivity index (χ1v) is 6.47. The van der Waals surface area contributed by atoms with Crippen LogP contribution in [0.4, 0.5) is 0 Å². The maximum Gasteiger partial charge on any atom is 0.314 e. The van der Waals surface area contributed by atoms with Gasteiger partial charge in [-0.2, -0.15) is 0 Å². The zero-order valence-electron chi connectivity index (χ0n) is 9.63. The van der Waals surface area contributed by atoms with E-state index in [0.29, 0.717) is 6.61 Å². The molecule has 0 saturated heterocycles. The van der Waals surface area contributed by atoms with Gasteiger partial charge in [0.1, 0.15) is 0 Å². The first kappa shape index (κ1) is 15.9. The van der Waals surface area contributed by atoms with Crippen LogP contribution < -0.4 is 0 Å². The Morgan fingerprint density at radius 3 is 2.24 bits per heavy atom. The fourth-order valence-corrected chi connectivity index (χ4v) is 0.995. The number of hydrogen-bond acceptors (Lipinski definition) is 2. The van der Waals surface area contributed by atoms with Gasteiger partial charge < -0.3 is 19.9 Å². The first-order chi connectivity index (χ1) is 8.11. The highest BCUT2D eigenvalue weighted by Gasteiger charge is 1.86. The lowest BCUT2D eigenvalue weighted by molar-refractivity contribution is 0.295. The van der Waals surface area contributed by atoms with E-state index in [1.807, 2.05) is 25.3 Å².